The van der Waals surface area contributed by atoms with Crippen molar-refractivity contribution in [3.05, 3.63) is 65.5 Å². The Morgan fingerprint density at radius 2 is 2.13 bits per heavy atom. The van der Waals surface area contributed by atoms with E-state index in [1.165, 1.54) is 11.9 Å². The molecule has 31 heavy (non-hydrogen) atoms. The van der Waals surface area contributed by atoms with Gasteiger partial charge in [-0.3, -0.25) is 4.79 Å². The summed E-state index contributed by atoms with van der Waals surface area (Å²) in [7, 11) is 0. The number of hydrogen-bond acceptors (Lipinski definition) is 8. The number of nitrogens with zero attached hydrogens (tertiary/aromatic N) is 3. The molecule has 0 saturated carbocycles. The van der Waals surface area contributed by atoms with Crippen molar-refractivity contribution in [1.29, 1.82) is 0 Å². The lowest BCUT2D eigenvalue weighted by molar-refractivity contribution is -0.132. The second-order valence-corrected chi connectivity index (χ2v) is 8.19. The second kappa shape index (κ2) is 9.95. The standard InChI is InChI=1S/C22H24N4O4S/c23-20-11-26(22(28)19(12-27)15-4-2-1-3-5-15)10-16(20)8-25-31-18-6-7-21(24-9-18)30-17-13-29-14-17/h1-9,17,19,27H,10-14,23H2/b25-8+. The van der Waals surface area contributed by atoms with E-state index >= 15 is 0 Å². The Morgan fingerprint density at radius 3 is 2.77 bits per heavy atom. The Morgan fingerprint density at radius 1 is 1.32 bits per heavy atom. The van der Waals surface area contributed by atoms with Gasteiger partial charge < -0.3 is 25.2 Å². The average molecular weight is 441 g/mol. The third-order valence-electron chi connectivity index (χ3n) is 5.10. The van der Waals surface area contributed by atoms with Crippen molar-refractivity contribution >= 4 is 24.1 Å². The van der Waals surface area contributed by atoms with Crippen LogP contribution in [0.15, 0.2) is 69.2 Å². The van der Waals surface area contributed by atoms with Crippen LogP contribution >= 0.6 is 11.9 Å². The molecule has 3 N–H and O–H groups in total. The quantitative estimate of drug-likeness (QED) is 0.475. The minimum absolute atomic E-state index is 0.0827. The van der Waals surface area contributed by atoms with E-state index in [2.05, 4.69) is 9.38 Å². The van der Waals surface area contributed by atoms with Crippen molar-refractivity contribution in [1.82, 2.24) is 9.88 Å². The highest BCUT2D eigenvalue weighted by atomic mass is 32.2. The van der Waals surface area contributed by atoms with E-state index in [0.717, 1.165) is 16.0 Å². The number of nitrogens with two attached hydrogens (primary N) is 1. The summed E-state index contributed by atoms with van der Waals surface area (Å²) in [6.45, 7) is 1.64. The van der Waals surface area contributed by atoms with Crippen LogP contribution in [0, 0.1) is 0 Å². The van der Waals surface area contributed by atoms with Crippen LogP contribution in [0.3, 0.4) is 0 Å². The highest BCUT2D eigenvalue weighted by Crippen LogP contribution is 2.24. The van der Waals surface area contributed by atoms with Crippen molar-refractivity contribution in [2.75, 3.05) is 32.9 Å². The molecule has 1 aromatic heterocycles. The van der Waals surface area contributed by atoms with Crippen LogP contribution in [0.4, 0.5) is 0 Å². The molecule has 2 aliphatic heterocycles. The maximum Gasteiger partial charge on any atom is 0.233 e. The van der Waals surface area contributed by atoms with E-state index in [9.17, 15) is 9.90 Å². The summed E-state index contributed by atoms with van der Waals surface area (Å²) in [5.41, 5.74) is 8.32. The zero-order valence-electron chi connectivity index (χ0n) is 16.9. The minimum Gasteiger partial charge on any atom is -0.469 e. The molecule has 1 aromatic carbocycles. The summed E-state index contributed by atoms with van der Waals surface area (Å²) in [6, 6.07) is 13.0. The van der Waals surface area contributed by atoms with Crippen LogP contribution in [-0.2, 0) is 9.53 Å². The van der Waals surface area contributed by atoms with Gasteiger partial charge in [-0.05, 0) is 11.6 Å². The number of amides is 1. The molecule has 1 atom stereocenters. The highest BCUT2D eigenvalue weighted by molar-refractivity contribution is 7.98. The van der Waals surface area contributed by atoms with Crippen LogP contribution in [0.1, 0.15) is 11.5 Å². The Hall–Kier alpha value is -2.88. The second-order valence-electron chi connectivity index (χ2n) is 7.33. The first-order chi connectivity index (χ1) is 15.1. The molecule has 1 amide bonds. The lowest BCUT2D eigenvalue weighted by Crippen LogP contribution is -2.38. The third kappa shape index (κ3) is 5.25. The van der Waals surface area contributed by atoms with Crippen LogP contribution in [0.2, 0.25) is 0 Å². The Bertz CT molecular complexity index is 961. The molecule has 2 aromatic rings. The van der Waals surface area contributed by atoms with E-state index < -0.39 is 5.92 Å². The lowest BCUT2D eigenvalue weighted by atomic mass is 9.98. The van der Waals surface area contributed by atoms with Gasteiger partial charge in [0.1, 0.15) is 6.10 Å². The molecule has 1 unspecified atom stereocenters. The number of benzene rings is 1. The summed E-state index contributed by atoms with van der Waals surface area (Å²) in [4.78, 5) is 19.7. The number of pyridine rings is 1. The molecule has 1 fully saturated rings. The van der Waals surface area contributed by atoms with E-state index in [1.807, 2.05) is 36.4 Å². The largest absolute Gasteiger partial charge is 0.469 e. The van der Waals surface area contributed by atoms with Gasteiger partial charge in [-0.25, -0.2) is 9.38 Å². The van der Waals surface area contributed by atoms with Gasteiger partial charge in [-0.15, -0.1) is 0 Å². The van der Waals surface area contributed by atoms with Crippen molar-refractivity contribution in [2.24, 2.45) is 10.1 Å². The summed E-state index contributed by atoms with van der Waals surface area (Å²) in [6.07, 6.45) is 3.46. The molecule has 8 nitrogen and oxygen atoms in total. The number of aromatic nitrogens is 1. The van der Waals surface area contributed by atoms with Crippen LogP contribution in [0.25, 0.3) is 0 Å². The fourth-order valence-electron chi connectivity index (χ4n) is 3.28. The van der Waals surface area contributed by atoms with Crippen LogP contribution < -0.4 is 10.5 Å². The molecule has 2 aliphatic rings. The molecule has 0 bridgehead atoms. The van der Waals surface area contributed by atoms with Crippen molar-refractivity contribution in [3.63, 3.8) is 0 Å². The van der Waals surface area contributed by atoms with Gasteiger partial charge in [0.25, 0.3) is 0 Å². The van der Waals surface area contributed by atoms with Gasteiger partial charge in [0.05, 0.1) is 32.3 Å². The molecule has 9 heteroatoms. The lowest BCUT2D eigenvalue weighted by Gasteiger charge is -2.25. The number of aliphatic hydroxyl groups is 1. The van der Waals surface area contributed by atoms with E-state index in [-0.39, 0.29) is 18.6 Å². The molecular weight excluding hydrogens is 416 g/mol. The summed E-state index contributed by atoms with van der Waals surface area (Å²) in [5, 5.41) is 9.75. The first-order valence-electron chi connectivity index (χ1n) is 9.97. The maximum atomic E-state index is 12.9. The van der Waals surface area contributed by atoms with Crippen molar-refractivity contribution in [2.45, 2.75) is 16.9 Å². The van der Waals surface area contributed by atoms with E-state index in [0.29, 0.717) is 37.9 Å². The Balaban J connectivity index is 1.31. The smallest absolute Gasteiger partial charge is 0.233 e. The number of aliphatic hydroxyl groups excluding tert-OH is 1. The molecule has 4 rings (SSSR count). The van der Waals surface area contributed by atoms with Gasteiger partial charge in [-0.1, -0.05) is 30.3 Å². The van der Waals surface area contributed by atoms with Gasteiger partial charge >= 0.3 is 0 Å². The number of carbonyl (C=O) groups excluding carboxylic acids is 1. The normalized spacial score (nSPS) is 17.8. The summed E-state index contributed by atoms with van der Waals surface area (Å²) < 4.78 is 15.1. The average Bonchev–Trinajstić information content (AvgIpc) is 3.13. The minimum atomic E-state index is -0.599. The van der Waals surface area contributed by atoms with Crippen molar-refractivity contribution in [3.8, 4) is 5.88 Å². The van der Waals surface area contributed by atoms with Gasteiger partial charge in [-0.2, -0.15) is 0 Å². The highest BCUT2D eigenvalue weighted by Gasteiger charge is 2.30. The Labute approximate surface area is 184 Å². The zero-order chi connectivity index (χ0) is 21.6. The summed E-state index contributed by atoms with van der Waals surface area (Å²) >= 11 is 1.27. The predicted octanol–water partition coefficient (Wildman–Crippen LogP) is 1.77. The van der Waals surface area contributed by atoms with Gasteiger partial charge in [0.15, 0.2) is 0 Å². The molecule has 1 saturated heterocycles. The first-order valence-corrected chi connectivity index (χ1v) is 10.7. The van der Waals surface area contributed by atoms with E-state index in [1.54, 1.807) is 23.4 Å². The number of rotatable bonds is 8. The molecule has 162 valence electrons. The molecule has 3 heterocycles. The van der Waals surface area contributed by atoms with E-state index in [4.69, 9.17) is 15.2 Å². The van der Waals surface area contributed by atoms with Gasteiger partial charge in [0.2, 0.25) is 11.8 Å². The molecule has 0 spiro atoms. The molecule has 0 aliphatic carbocycles. The number of carbonyl (C=O) groups is 1. The van der Waals surface area contributed by atoms with Gasteiger partial charge in [0, 0.05) is 53.1 Å². The monoisotopic (exact) mass is 440 g/mol. The van der Waals surface area contributed by atoms with Crippen LogP contribution in [0.5, 0.6) is 5.88 Å². The SMILES string of the molecule is NC1=C(/C=N/Sc2ccc(OC3COC3)nc2)CN(C(=O)C(CO)c2ccccc2)C1. The third-order valence-corrected chi connectivity index (χ3v) is 5.76. The van der Waals surface area contributed by atoms with Crippen LogP contribution in [-0.4, -0.2) is 66.1 Å². The topological polar surface area (TPSA) is 110 Å². The number of hydrogen-bond donors (Lipinski definition) is 2. The Kier molecular flexibility index (Phi) is 6.86. The van der Waals surface area contributed by atoms with Crippen molar-refractivity contribution < 1.29 is 19.4 Å². The predicted molar refractivity (Wildman–Crippen MR) is 118 cm³/mol. The molecule has 0 radical (unpaired) electrons. The first kappa shape index (κ1) is 21.4. The fourth-order valence-corrected chi connectivity index (χ4v) is 3.81. The number of ether oxygens (including phenoxy) is 2. The summed E-state index contributed by atoms with van der Waals surface area (Å²) in [5.74, 6) is -0.183. The maximum absolute atomic E-state index is 12.9. The fraction of sp³-hybridized carbons (Fsp3) is 0.318. The molecular formula is C22H24N4O4S. The zero-order valence-corrected chi connectivity index (χ0v) is 17.7.